The average molecular weight is 251 g/mol. The summed E-state index contributed by atoms with van der Waals surface area (Å²) < 4.78 is 2.10. The summed E-state index contributed by atoms with van der Waals surface area (Å²) in [5.74, 6) is 0. The Bertz CT molecular complexity index is 324. The van der Waals surface area contributed by atoms with Crippen molar-refractivity contribution < 1.29 is 0 Å². The van der Waals surface area contributed by atoms with Crippen molar-refractivity contribution in [2.24, 2.45) is 5.41 Å². The third-order valence-electron chi connectivity index (χ3n) is 2.77. The van der Waals surface area contributed by atoms with Crippen LogP contribution in [-0.2, 0) is 0 Å². The van der Waals surface area contributed by atoms with Crippen molar-refractivity contribution in [3.63, 3.8) is 0 Å². The van der Waals surface area contributed by atoms with Gasteiger partial charge in [0.1, 0.15) is 0 Å². The molecule has 0 amide bonds. The van der Waals surface area contributed by atoms with E-state index in [4.69, 9.17) is 0 Å². The summed E-state index contributed by atoms with van der Waals surface area (Å²) in [6.07, 6.45) is 8.81. The zero-order valence-electron chi connectivity index (χ0n) is 11.7. The molecule has 0 aliphatic carbocycles. The van der Waals surface area contributed by atoms with Crippen LogP contribution < -0.4 is 0 Å². The summed E-state index contributed by atoms with van der Waals surface area (Å²) in [7, 11) is 2.73. The van der Waals surface area contributed by atoms with Gasteiger partial charge in [0.2, 0.25) is 0 Å². The van der Waals surface area contributed by atoms with Crippen LogP contribution in [0.2, 0.25) is 0 Å². The third kappa shape index (κ3) is 5.37. The van der Waals surface area contributed by atoms with Crippen LogP contribution in [-0.4, -0.2) is 10.2 Å². The molecule has 1 unspecified atom stereocenters. The summed E-state index contributed by atoms with van der Waals surface area (Å²) in [6.45, 7) is 20.3. The lowest BCUT2D eigenvalue weighted by atomic mass is 9.79. The number of allylic oxidation sites excluding steroid dienone is 4. The second-order valence-electron chi connectivity index (χ2n) is 5.64. The highest BCUT2D eigenvalue weighted by Gasteiger charge is 2.30. The van der Waals surface area contributed by atoms with Gasteiger partial charge in [0.05, 0.1) is 0 Å². The molecule has 0 spiro atoms. The van der Waals surface area contributed by atoms with Crippen LogP contribution >= 0.6 is 9.39 Å². The highest BCUT2D eigenvalue weighted by atomic mass is 31.0. The smallest absolute Gasteiger partial charge is 0.0384 e. The molecule has 96 valence electrons. The van der Waals surface area contributed by atoms with E-state index in [9.17, 15) is 0 Å². The molecule has 0 aliphatic rings. The van der Waals surface area contributed by atoms with Crippen molar-refractivity contribution >= 4 is 9.39 Å². The molecule has 0 radical (unpaired) electrons. The van der Waals surface area contributed by atoms with E-state index in [1.807, 2.05) is 12.2 Å². The van der Waals surface area contributed by atoms with Crippen LogP contribution in [0.3, 0.4) is 0 Å². The fourth-order valence-corrected chi connectivity index (χ4v) is 2.27. The van der Waals surface area contributed by atoms with Gasteiger partial charge in [-0.05, 0) is 41.1 Å². The molecule has 17 heavy (non-hydrogen) atoms. The zero-order chi connectivity index (χ0) is 13.7. The second-order valence-corrected chi connectivity index (χ2v) is 6.15. The first kappa shape index (κ1) is 16.2. The fraction of sp³-hybridized carbons (Fsp3) is 0.467. The molecule has 0 aromatic carbocycles. The van der Waals surface area contributed by atoms with E-state index in [0.29, 0.717) is 0 Å². The summed E-state index contributed by atoms with van der Waals surface area (Å²) in [6, 6.07) is 0. The Balaban J connectivity index is 4.84. The van der Waals surface area contributed by atoms with Gasteiger partial charge in [-0.3, -0.25) is 0 Å². The van der Waals surface area contributed by atoms with Crippen molar-refractivity contribution in [2.45, 2.75) is 39.7 Å². The van der Waals surface area contributed by atoms with Crippen LogP contribution in [0.5, 0.6) is 0 Å². The van der Waals surface area contributed by atoms with Crippen molar-refractivity contribution in [2.75, 3.05) is 0 Å². The SMILES string of the molecule is C=C/C=C/C(C)(C)CC(C)(C)N(P)C(=C)C=C. The van der Waals surface area contributed by atoms with Crippen molar-refractivity contribution in [3.05, 3.63) is 49.7 Å². The van der Waals surface area contributed by atoms with E-state index in [0.717, 1.165) is 12.1 Å². The zero-order valence-corrected chi connectivity index (χ0v) is 12.8. The first-order valence-electron chi connectivity index (χ1n) is 5.83. The Labute approximate surface area is 109 Å². The third-order valence-corrected chi connectivity index (χ3v) is 3.80. The Morgan fingerprint density at radius 2 is 1.76 bits per heavy atom. The molecule has 0 rings (SSSR count). The van der Waals surface area contributed by atoms with Crippen LogP contribution in [0, 0.1) is 5.41 Å². The molecular weight excluding hydrogens is 225 g/mol. The van der Waals surface area contributed by atoms with Crippen LogP contribution in [0.15, 0.2) is 49.7 Å². The number of hydrogen-bond donors (Lipinski definition) is 0. The van der Waals surface area contributed by atoms with Crippen LogP contribution in [0.4, 0.5) is 0 Å². The van der Waals surface area contributed by atoms with Gasteiger partial charge in [-0.15, -0.1) is 0 Å². The molecule has 0 N–H and O–H groups in total. The molecule has 1 atom stereocenters. The van der Waals surface area contributed by atoms with Gasteiger partial charge in [-0.25, -0.2) is 0 Å². The minimum atomic E-state index is 0.00491. The Morgan fingerprint density at radius 3 is 2.18 bits per heavy atom. The fourth-order valence-electron chi connectivity index (χ4n) is 2.07. The highest BCUT2D eigenvalue weighted by molar-refractivity contribution is 7.13. The number of hydrogen-bond acceptors (Lipinski definition) is 1. The van der Waals surface area contributed by atoms with E-state index in [1.54, 1.807) is 6.08 Å². The van der Waals surface area contributed by atoms with Gasteiger partial charge in [-0.1, -0.05) is 51.8 Å². The van der Waals surface area contributed by atoms with Crippen molar-refractivity contribution in [1.82, 2.24) is 4.67 Å². The molecule has 1 nitrogen and oxygen atoms in total. The minimum absolute atomic E-state index is 0.00491. The molecule has 2 heteroatoms. The molecule has 0 bridgehead atoms. The van der Waals surface area contributed by atoms with Crippen molar-refractivity contribution in [1.29, 1.82) is 0 Å². The molecule has 0 aliphatic heterocycles. The maximum atomic E-state index is 3.98. The summed E-state index contributed by atoms with van der Waals surface area (Å²) in [5, 5.41) is 0. The van der Waals surface area contributed by atoms with E-state index in [2.05, 4.69) is 67.6 Å². The summed E-state index contributed by atoms with van der Waals surface area (Å²) in [5.41, 5.74) is 1.04. The highest BCUT2D eigenvalue weighted by Crippen LogP contribution is 2.36. The van der Waals surface area contributed by atoms with Gasteiger partial charge >= 0.3 is 0 Å². The quantitative estimate of drug-likeness (QED) is 0.467. The lowest BCUT2D eigenvalue weighted by Crippen LogP contribution is -2.39. The Kier molecular flexibility index (Phi) is 5.92. The summed E-state index contributed by atoms with van der Waals surface area (Å²) >= 11 is 0. The topological polar surface area (TPSA) is 3.24 Å². The van der Waals surface area contributed by atoms with Crippen LogP contribution in [0.1, 0.15) is 34.1 Å². The Hall–Kier alpha value is -0.810. The standard InChI is InChI=1S/C15H26NP/c1-8-10-11-14(4,5)12-15(6,7)16(17)13(3)9-2/h8-11H,1-3,12,17H2,4-7H3/b11-10+. The minimum Gasteiger partial charge on any atom is -0.351 e. The molecular formula is C15H26NP. The lowest BCUT2D eigenvalue weighted by Gasteiger charge is -2.41. The summed E-state index contributed by atoms with van der Waals surface area (Å²) in [4.78, 5) is 0. The van der Waals surface area contributed by atoms with E-state index in [1.165, 1.54) is 0 Å². The molecule has 0 aromatic rings. The van der Waals surface area contributed by atoms with Gasteiger partial charge < -0.3 is 4.67 Å². The molecule has 0 fully saturated rings. The maximum absolute atomic E-state index is 3.98. The van der Waals surface area contributed by atoms with Gasteiger partial charge in [0.15, 0.2) is 0 Å². The van der Waals surface area contributed by atoms with Crippen LogP contribution in [0.25, 0.3) is 0 Å². The number of rotatable bonds is 7. The van der Waals surface area contributed by atoms with Crippen molar-refractivity contribution in [3.8, 4) is 0 Å². The first-order chi connectivity index (χ1) is 7.66. The van der Waals surface area contributed by atoms with E-state index >= 15 is 0 Å². The van der Waals surface area contributed by atoms with Gasteiger partial charge in [-0.2, -0.15) is 0 Å². The maximum Gasteiger partial charge on any atom is 0.0384 e. The first-order valence-corrected chi connectivity index (χ1v) is 6.34. The molecule has 0 aromatic heterocycles. The predicted octanol–water partition coefficient (Wildman–Crippen LogP) is 4.72. The van der Waals surface area contributed by atoms with Gasteiger partial charge in [0.25, 0.3) is 0 Å². The lowest BCUT2D eigenvalue weighted by molar-refractivity contribution is 0.213. The molecule has 0 saturated carbocycles. The predicted molar refractivity (Wildman–Crippen MR) is 82.7 cm³/mol. The van der Waals surface area contributed by atoms with E-state index in [-0.39, 0.29) is 11.0 Å². The Morgan fingerprint density at radius 1 is 1.24 bits per heavy atom. The van der Waals surface area contributed by atoms with E-state index < -0.39 is 0 Å². The van der Waals surface area contributed by atoms with Gasteiger partial charge in [0, 0.05) is 11.2 Å². The largest absolute Gasteiger partial charge is 0.351 e. The number of nitrogens with zero attached hydrogens (tertiary/aromatic N) is 1. The average Bonchev–Trinajstić information content (AvgIpc) is 2.22. The normalized spacial score (nSPS) is 12.5. The monoisotopic (exact) mass is 251 g/mol. The molecule has 0 saturated heterocycles. The second kappa shape index (κ2) is 6.21. The molecule has 0 heterocycles.